The van der Waals surface area contributed by atoms with Gasteiger partial charge in [-0.25, -0.2) is 8.42 Å². The number of Topliss-reactive ketones (excluding diaryl/α,β-unsaturated/α-hetero) is 1. The van der Waals surface area contributed by atoms with Crippen molar-refractivity contribution in [1.82, 2.24) is 9.21 Å². The average Bonchev–Trinajstić information content (AvgIpc) is 2.83. The smallest absolute Gasteiger partial charge is 0.246 e. The van der Waals surface area contributed by atoms with E-state index in [9.17, 15) is 23.1 Å². The molecule has 184 valence electrons. The lowest BCUT2D eigenvalue weighted by Crippen LogP contribution is -2.50. The molecule has 2 aromatic rings. The number of aromatic hydroxyl groups is 1. The van der Waals surface area contributed by atoms with E-state index < -0.39 is 10.0 Å². The fourth-order valence-corrected chi connectivity index (χ4v) is 5.30. The molecule has 0 saturated carbocycles. The zero-order chi connectivity index (χ0) is 24.9. The van der Waals surface area contributed by atoms with Crippen molar-refractivity contribution < 1.29 is 32.6 Å². The molecule has 1 saturated heterocycles. The molecule has 10 heteroatoms. The van der Waals surface area contributed by atoms with E-state index in [1.807, 2.05) is 0 Å². The van der Waals surface area contributed by atoms with Crippen molar-refractivity contribution in [3.8, 4) is 17.2 Å². The van der Waals surface area contributed by atoms with Gasteiger partial charge in [0.2, 0.25) is 15.9 Å². The van der Waals surface area contributed by atoms with E-state index >= 15 is 0 Å². The number of phenols is 1. The van der Waals surface area contributed by atoms with Crippen LogP contribution in [0.1, 0.15) is 35.7 Å². The summed E-state index contributed by atoms with van der Waals surface area (Å²) in [5, 5.41) is 10.0. The predicted molar refractivity (Wildman–Crippen MR) is 126 cm³/mol. The highest BCUT2D eigenvalue weighted by Crippen LogP contribution is 2.29. The highest BCUT2D eigenvalue weighted by molar-refractivity contribution is 7.89. The van der Waals surface area contributed by atoms with Gasteiger partial charge in [0, 0.05) is 38.2 Å². The second kappa shape index (κ2) is 10.9. The highest BCUT2D eigenvalue weighted by Gasteiger charge is 2.31. The number of nitrogens with zero attached hydrogens (tertiary/aromatic N) is 2. The third-order valence-corrected chi connectivity index (χ3v) is 7.61. The molecular weight excluding hydrogens is 460 g/mol. The first kappa shape index (κ1) is 25.5. The number of sulfonamides is 1. The number of rotatable bonds is 9. The van der Waals surface area contributed by atoms with E-state index in [-0.39, 0.29) is 54.9 Å². The van der Waals surface area contributed by atoms with Gasteiger partial charge in [0.25, 0.3) is 0 Å². The van der Waals surface area contributed by atoms with Gasteiger partial charge in [-0.1, -0.05) is 6.07 Å². The molecular formula is C24H30N2O7S. The summed E-state index contributed by atoms with van der Waals surface area (Å²) >= 11 is 0. The number of aryl methyl sites for hydroxylation is 1. The number of carbonyl (C=O) groups is 2. The number of methoxy groups -OCH3 is 1. The van der Waals surface area contributed by atoms with Gasteiger partial charge < -0.3 is 19.5 Å². The minimum absolute atomic E-state index is 0.0703. The van der Waals surface area contributed by atoms with Crippen LogP contribution in [0.5, 0.6) is 17.2 Å². The van der Waals surface area contributed by atoms with E-state index in [4.69, 9.17) is 9.47 Å². The summed E-state index contributed by atoms with van der Waals surface area (Å²) in [7, 11) is -2.34. The number of hydrogen-bond donors (Lipinski definition) is 1. The standard InChI is InChI=1S/C24H30N2O7S/c1-17-6-8-20(28)23(15-17)34(30,31)26-12-10-25(11-13-26)24(29)5-4-14-33-21-9-7-19(18(2)27)16-22(21)32-3/h6-9,15-16,28H,4-5,10-14H2,1-3H3. The molecule has 0 spiro atoms. The van der Waals surface area contributed by atoms with Crippen molar-refractivity contribution in [3.63, 3.8) is 0 Å². The third-order valence-electron chi connectivity index (χ3n) is 5.69. The molecule has 1 heterocycles. The Labute approximate surface area is 199 Å². The Bertz CT molecular complexity index is 1160. The topological polar surface area (TPSA) is 113 Å². The summed E-state index contributed by atoms with van der Waals surface area (Å²) in [4.78, 5) is 25.6. The van der Waals surface area contributed by atoms with E-state index in [1.54, 1.807) is 36.1 Å². The minimum atomic E-state index is -3.84. The molecule has 34 heavy (non-hydrogen) atoms. The van der Waals surface area contributed by atoms with Crippen LogP contribution in [0.15, 0.2) is 41.3 Å². The molecule has 1 N–H and O–H groups in total. The average molecular weight is 491 g/mol. The molecule has 0 radical (unpaired) electrons. The Kier molecular flexibility index (Phi) is 8.16. The lowest BCUT2D eigenvalue weighted by molar-refractivity contribution is -0.132. The Hall–Kier alpha value is -3.11. The summed E-state index contributed by atoms with van der Waals surface area (Å²) in [5.74, 6) is 0.530. The van der Waals surface area contributed by atoms with Crippen molar-refractivity contribution in [1.29, 1.82) is 0 Å². The van der Waals surface area contributed by atoms with Crippen LogP contribution >= 0.6 is 0 Å². The highest BCUT2D eigenvalue weighted by atomic mass is 32.2. The summed E-state index contributed by atoms with van der Waals surface area (Å²) in [6.45, 7) is 4.42. The number of ether oxygens (including phenoxy) is 2. The maximum absolute atomic E-state index is 12.9. The Morgan fingerprint density at radius 3 is 2.38 bits per heavy atom. The van der Waals surface area contributed by atoms with Crippen LogP contribution in [-0.2, 0) is 14.8 Å². The third kappa shape index (κ3) is 5.87. The normalized spacial score (nSPS) is 14.6. The van der Waals surface area contributed by atoms with Crippen molar-refractivity contribution in [3.05, 3.63) is 47.5 Å². The zero-order valence-corrected chi connectivity index (χ0v) is 20.4. The van der Waals surface area contributed by atoms with Gasteiger partial charge in [0.15, 0.2) is 17.3 Å². The summed E-state index contributed by atoms with van der Waals surface area (Å²) in [6, 6.07) is 9.42. The van der Waals surface area contributed by atoms with Crippen molar-refractivity contribution in [2.24, 2.45) is 0 Å². The largest absolute Gasteiger partial charge is 0.507 e. The maximum atomic E-state index is 12.9. The number of amides is 1. The summed E-state index contributed by atoms with van der Waals surface area (Å²) < 4.78 is 38.1. The second-order valence-corrected chi connectivity index (χ2v) is 10.0. The molecule has 9 nitrogen and oxygen atoms in total. The van der Waals surface area contributed by atoms with Crippen molar-refractivity contribution in [2.45, 2.75) is 31.6 Å². The number of phenolic OH excluding ortho intramolecular Hbond substituents is 1. The van der Waals surface area contributed by atoms with Crippen molar-refractivity contribution >= 4 is 21.7 Å². The zero-order valence-electron chi connectivity index (χ0n) is 19.6. The second-order valence-electron chi connectivity index (χ2n) is 8.13. The van der Waals surface area contributed by atoms with Crippen LogP contribution in [0, 0.1) is 6.92 Å². The van der Waals surface area contributed by atoms with Gasteiger partial charge in [0.05, 0.1) is 13.7 Å². The molecule has 1 fully saturated rings. The van der Waals surface area contributed by atoms with Gasteiger partial charge in [-0.05, 0) is 56.2 Å². The SMILES string of the molecule is COc1cc(C(C)=O)ccc1OCCCC(=O)N1CCN(S(=O)(=O)c2cc(C)ccc2O)CC1. The molecule has 0 unspecified atom stereocenters. The molecule has 1 aliphatic heterocycles. The first-order valence-electron chi connectivity index (χ1n) is 11.0. The number of piperazine rings is 1. The van der Waals surface area contributed by atoms with Gasteiger partial charge in [-0.2, -0.15) is 4.31 Å². The fraction of sp³-hybridized carbons (Fsp3) is 0.417. The first-order chi connectivity index (χ1) is 16.1. The van der Waals surface area contributed by atoms with E-state index in [2.05, 4.69) is 0 Å². The van der Waals surface area contributed by atoms with Crippen LogP contribution in [0.25, 0.3) is 0 Å². The molecule has 1 aliphatic rings. The maximum Gasteiger partial charge on any atom is 0.246 e. The van der Waals surface area contributed by atoms with Gasteiger partial charge in [0.1, 0.15) is 10.6 Å². The van der Waals surface area contributed by atoms with E-state index in [0.717, 1.165) is 5.56 Å². The Balaban J connectivity index is 1.48. The molecule has 0 aromatic heterocycles. The fourth-order valence-electron chi connectivity index (χ4n) is 3.71. The molecule has 0 atom stereocenters. The molecule has 0 aliphatic carbocycles. The first-order valence-corrected chi connectivity index (χ1v) is 12.5. The minimum Gasteiger partial charge on any atom is -0.507 e. The van der Waals surface area contributed by atoms with Crippen LogP contribution in [0.3, 0.4) is 0 Å². The quantitative estimate of drug-likeness (QED) is 0.425. The van der Waals surface area contributed by atoms with Crippen molar-refractivity contribution in [2.75, 3.05) is 39.9 Å². The number of hydrogen-bond acceptors (Lipinski definition) is 7. The van der Waals surface area contributed by atoms with Gasteiger partial charge in [-0.15, -0.1) is 0 Å². The van der Waals surface area contributed by atoms with Gasteiger partial charge in [-0.3, -0.25) is 9.59 Å². The molecule has 0 bridgehead atoms. The number of carbonyl (C=O) groups excluding carboxylic acids is 2. The molecule has 3 rings (SSSR count). The van der Waals surface area contributed by atoms with Crippen LogP contribution < -0.4 is 9.47 Å². The summed E-state index contributed by atoms with van der Waals surface area (Å²) in [6.07, 6.45) is 0.741. The number of ketones is 1. The lowest BCUT2D eigenvalue weighted by atomic mass is 10.1. The molecule has 1 amide bonds. The Morgan fingerprint density at radius 2 is 1.74 bits per heavy atom. The van der Waals surface area contributed by atoms with Crippen LogP contribution in [0.2, 0.25) is 0 Å². The monoisotopic (exact) mass is 490 g/mol. The van der Waals surface area contributed by atoms with Gasteiger partial charge >= 0.3 is 0 Å². The van der Waals surface area contributed by atoms with E-state index in [1.165, 1.54) is 30.5 Å². The lowest BCUT2D eigenvalue weighted by Gasteiger charge is -2.34. The Morgan fingerprint density at radius 1 is 1.03 bits per heavy atom. The predicted octanol–water partition coefficient (Wildman–Crippen LogP) is 2.60. The van der Waals surface area contributed by atoms with E-state index in [0.29, 0.717) is 30.1 Å². The summed E-state index contributed by atoms with van der Waals surface area (Å²) in [5.41, 5.74) is 1.26. The molecule has 2 aromatic carbocycles. The number of benzene rings is 2. The van der Waals surface area contributed by atoms with Crippen LogP contribution in [0.4, 0.5) is 0 Å². The van der Waals surface area contributed by atoms with Crippen LogP contribution in [-0.4, -0.2) is 74.3 Å².